The van der Waals surface area contributed by atoms with E-state index in [0.29, 0.717) is 11.4 Å². The maximum Gasteiger partial charge on any atom is 0.471 e. The smallest absolute Gasteiger partial charge is 0.461 e. The second-order valence-electron chi connectivity index (χ2n) is 5.67. The maximum atomic E-state index is 12.5. The Hall–Kier alpha value is -3.17. The predicted octanol–water partition coefficient (Wildman–Crippen LogP) is 3.81. The quantitative estimate of drug-likeness (QED) is 0.677. The van der Waals surface area contributed by atoms with Gasteiger partial charge in [-0.3, -0.25) is 0 Å². The highest BCUT2D eigenvalue weighted by Crippen LogP contribution is 2.30. The number of halogens is 3. The molecule has 0 saturated carbocycles. The molecule has 2 heterocycles. The molecule has 0 aliphatic carbocycles. The largest absolute Gasteiger partial charge is 0.471 e. The number of aromatic amines is 1. The van der Waals surface area contributed by atoms with E-state index in [1.807, 2.05) is 6.92 Å². The van der Waals surface area contributed by atoms with Gasteiger partial charge in [0.05, 0.1) is 12.8 Å². The zero-order valence-corrected chi connectivity index (χ0v) is 14.4. The number of hydrogen-bond donors (Lipinski definition) is 1. The number of hydrogen-bond acceptors (Lipinski definition) is 6. The molecule has 3 aromatic rings. The standard InChI is InChI=1S/C17H15F3N4O3/c1-3-26-15(25)12-8-21-13(22-12)9(2)10-4-6-11(7-5-10)14-23-16(27-24-14)17(18,19)20/h4-9H,3H2,1-2H3,(H,21,22). The van der Waals surface area contributed by atoms with Crippen LogP contribution in [-0.4, -0.2) is 32.7 Å². The number of benzene rings is 1. The molecule has 0 saturated heterocycles. The summed E-state index contributed by atoms with van der Waals surface area (Å²) in [5, 5.41) is 3.35. The van der Waals surface area contributed by atoms with Crippen molar-refractivity contribution in [2.24, 2.45) is 0 Å². The normalized spacial score (nSPS) is 12.8. The van der Waals surface area contributed by atoms with Crippen LogP contribution in [0.3, 0.4) is 0 Å². The van der Waals surface area contributed by atoms with E-state index in [-0.39, 0.29) is 24.0 Å². The van der Waals surface area contributed by atoms with Crippen LogP contribution < -0.4 is 0 Å². The van der Waals surface area contributed by atoms with Gasteiger partial charge in [-0.15, -0.1) is 0 Å². The number of imidazole rings is 1. The second kappa shape index (κ2) is 7.22. The third kappa shape index (κ3) is 3.99. The lowest BCUT2D eigenvalue weighted by Crippen LogP contribution is -2.06. The first-order valence-electron chi connectivity index (χ1n) is 8.03. The van der Waals surface area contributed by atoms with Crippen LogP contribution >= 0.6 is 0 Å². The average molecular weight is 380 g/mol. The van der Waals surface area contributed by atoms with E-state index in [4.69, 9.17) is 4.74 Å². The summed E-state index contributed by atoms with van der Waals surface area (Å²) in [7, 11) is 0. The zero-order chi connectivity index (χ0) is 19.6. The molecule has 1 atom stereocenters. The van der Waals surface area contributed by atoms with Gasteiger partial charge < -0.3 is 14.2 Å². The maximum absolute atomic E-state index is 12.5. The molecule has 3 rings (SSSR count). The summed E-state index contributed by atoms with van der Waals surface area (Å²) >= 11 is 0. The molecule has 0 aliphatic heterocycles. The van der Waals surface area contributed by atoms with Gasteiger partial charge in [-0.05, 0) is 12.5 Å². The Bertz CT molecular complexity index is 932. The zero-order valence-electron chi connectivity index (χ0n) is 14.4. The Kier molecular flexibility index (Phi) is 4.98. The van der Waals surface area contributed by atoms with Crippen LogP contribution in [0.25, 0.3) is 11.4 Å². The number of carbonyl (C=O) groups is 1. The Labute approximate surface area is 151 Å². The van der Waals surface area contributed by atoms with Crippen LogP contribution in [-0.2, 0) is 10.9 Å². The van der Waals surface area contributed by atoms with Crippen molar-refractivity contribution >= 4 is 5.97 Å². The van der Waals surface area contributed by atoms with E-state index in [1.54, 1.807) is 31.2 Å². The van der Waals surface area contributed by atoms with Crippen molar-refractivity contribution in [1.29, 1.82) is 0 Å². The molecule has 10 heteroatoms. The number of alkyl halides is 3. The van der Waals surface area contributed by atoms with Gasteiger partial charge in [0, 0.05) is 11.5 Å². The molecular weight excluding hydrogens is 365 g/mol. The molecule has 7 nitrogen and oxygen atoms in total. The fraction of sp³-hybridized carbons (Fsp3) is 0.294. The molecule has 0 amide bonds. The lowest BCUT2D eigenvalue weighted by Gasteiger charge is -2.09. The molecule has 27 heavy (non-hydrogen) atoms. The van der Waals surface area contributed by atoms with Gasteiger partial charge in [0.15, 0.2) is 0 Å². The van der Waals surface area contributed by atoms with Crippen molar-refractivity contribution in [2.45, 2.75) is 25.9 Å². The molecule has 142 valence electrons. The lowest BCUT2D eigenvalue weighted by molar-refractivity contribution is -0.159. The number of rotatable bonds is 5. The molecular formula is C17H15F3N4O3. The van der Waals surface area contributed by atoms with E-state index < -0.39 is 18.0 Å². The number of ether oxygens (including phenoxy) is 1. The summed E-state index contributed by atoms with van der Waals surface area (Å²) in [6.07, 6.45) is -3.29. The minimum absolute atomic E-state index is 0.149. The van der Waals surface area contributed by atoms with Crippen molar-refractivity contribution in [3.63, 3.8) is 0 Å². The van der Waals surface area contributed by atoms with Gasteiger partial charge >= 0.3 is 18.0 Å². The van der Waals surface area contributed by atoms with Crippen LogP contribution in [0.4, 0.5) is 13.2 Å². The average Bonchev–Trinajstić information content (AvgIpc) is 3.31. The van der Waals surface area contributed by atoms with Gasteiger partial charge in [0.2, 0.25) is 5.82 Å². The van der Waals surface area contributed by atoms with Gasteiger partial charge in [0.25, 0.3) is 0 Å². The lowest BCUT2D eigenvalue weighted by atomic mass is 9.99. The molecule has 2 aromatic heterocycles. The van der Waals surface area contributed by atoms with Gasteiger partial charge in [-0.1, -0.05) is 36.3 Å². The van der Waals surface area contributed by atoms with Crippen molar-refractivity contribution in [2.75, 3.05) is 6.61 Å². The van der Waals surface area contributed by atoms with Gasteiger partial charge in [-0.25, -0.2) is 9.78 Å². The first kappa shape index (κ1) is 18.6. The summed E-state index contributed by atoms with van der Waals surface area (Å²) in [5.41, 5.74) is 1.47. The number of aromatic nitrogens is 4. The summed E-state index contributed by atoms with van der Waals surface area (Å²) in [6, 6.07) is 6.62. The molecule has 0 aliphatic rings. The number of nitrogens with zero attached hydrogens (tertiary/aromatic N) is 3. The predicted molar refractivity (Wildman–Crippen MR) is 86.8 cm³/mol. The summed E-state index contributed by atoms with van der Waals surface area (Å²) in [6.45, 7) is 3.84. The molecule has 1 N–H and O–H groups in total. The van der Waals surface area contributed by atoms with Crippen LogP contribution in [0.5, 0.6) is 0 Å². The Balaban J connectivity index is 1.77. The highest BCUT2D eigenvalue weighted by Gasteiger charge is 2.38. The van der Waals surface area contributed by atoms with E-state index in [1.165, 1.54) is 6.20 Å². The Morgan fingerprint density at radius 3 is 2.59 bits per heavy atom. The minimum atomic E-state index is -4.68. The number of H-pyrrole nitrogens is 1. The summed E-state index contributed by atoms with van der Waals surface area (Å²) in [4.78, 5) is 22.1. The van der Waals surface area contributed by atoms with Crippen molar-refractivity contribution in [1.82, 2.24) is 20.1 Å². The SMILES string of the molecule is CCOC(=O)c1cnc(C(C)c2ccc(-c3noc(C(F)(F)F)n3)cc2)[nH]1. The highest BCUT2D eigenvalue weighted by atomic mass is 19.4. The van der Waals surface area contributed by atoms with E-state index in [2.05, 4.69) is 24.6 Å². The fourth-order valence-corrected chi connectivity index (χ4v) is 2.40. The minimum Gasteiger partial charge on any atom is -0.461 e. The summed E-state index contributed by atoms with van der Waals surface area (Å²) in [5.74, 6) is -1.65. The monoisotopic (exact) mass is 380 g/mol. The van der Waals surface area contributed by atoms with Gasteiger partial charge in [-0.2, -0.15) is 18.2 Å². The molecule has 0 bridgehead atoms. The van der Waals surface area contributed by atoms with E-state index in [0.717, 1.165) is 5.56 Å². The fourth-order valence-electron chi connectivity index (χ4n) is 2.40. The van der Waals surface area contributed by atoms with Crippen molar-refractivity contribution < 1.29 is 27.2 Å². The molecule has 0 spiro atoms. The molecule has 0 fully saturated rings. The summed E-state index contributed by atoms with van der Waals surface area (Å²) < 4.78 is 46.8. The third-order valence-electron chi connectivity index (χ3n) is 3.84. The van der Waals surface area contributed by atoms with Crippen LogP contribution in [0.2, 0.25) is 0 Å². The molecule has 1 aromatic carbocycles. The van der Waals surface area contributed by atoms with E-state index in [9.17, 15) is 18.0 Å². The Morgan fingerprint density at radius 1 is 1.30 bits per heavy atom. The Morgan fingerprint density at radius 2 is 2.00 bits per heavy atom. The third-order valence-corrected chi connectivity index (χ3v) is 3.84. The van der Waals surface area contributed by atoms with Crippen molar-refractivity contribution in [3.8, 4) is 11.4 Å². The number of nitrogens with one attached hydrogen (secondary N) is 1. The van der Waals surface area contributed by atoms with E-state index >= 15 is 0 Å². The molecule has 1 unspecified atom stereocenters. The highest BCUT2D eigenvalue weighted by molar-refractivity contribution is 5.87. The number of esters is 1. The second-order valence-corrected chi connectivity index (χ2v) is 5.67. The molecule has 0 radical (unpaired) electrons. The first-order chi connectivity index (χ1) is 12.8. The van der Waals surface area contributed by atoms with Crippen molar-refractivity contribution in [3.05, 3.63) is 53.4 Å². The first-order valence-corrected chi connectivity index (χ1v) is 8.03. The number of carbonyl (C=O) groups excluding carboxylic acids is 1. The van der Waals surface area contributed by atoms with Crippen LogP contribution in [0.15, 0.2) is 35.0 Å². The van der Waals surface area contributed by atoms with Crippen LogP contribution in [0.1, 0.15) is 47.5 Å². The van der Waals surface area contributed by atoms with Gasteiger partial charge in [0.1, 0.15) is 11.5 Å². The van der Waals surface area contributed by atoms with Crippen LogP contribution in [0, 0.1) is 0 Å². The topological polar surface area (TPSA) is 93.9 Å².